The molecule has 0 atom stereocenters. The van der Waals surface area contributed by atoms with Crippen molar-refractivity contribution in [2.75, 3.05) is 0 Å². The van der Waals surface area contributed by atoms with Crippen LogP contribution in [0.1, 0.15) is 42.7 Å². The van der Waals surface area contributed by atoms with Crippen LogP contribution in [0.3, 0.4) is 0 Å². The lowest BCUT2D eigenvalue weighted by Gasteiger charge is -2.08. The molecule has 0 N–H and O–H groups in total. The average molecular weight is 347 g/mol. The number of hydrogen-bond acceptors (Lipinski definition) is 6. The van der Waals surface area contributed by atoms with E-state index in [0.29, 0.717) is 23.8 Å². The fourth-order valence-electron chi connectivity index (χ4n) is 3.27. The molecule has 0 amide bonds. The number of aryl methyl sites for hydroxylation is 1. The molecule has 1 aliphatic heterocycles. The van der Waals surface area contributed by atoms with Crippen LogP contribution in [0.2, 0.25) is 0 Å². The number of imidazole rings is 1. The predicted molar refractivity (Wildman–Crippen MR) is 93.4 cm³/mol. The molecule has 4 heterocycles. The highest BCUT2D eigenvalue weighted by Gasteiger charge is 2.27. The van der Waals surface area contributed by atoms with Crippen LogP contribution in [0, 0.1) is 6.92 Å². The van der Waals surface area contributed by atoms with E-state index in [1.807, 2.05) is 49.7 Å². The summed E-state index contributed by atoms with van der Waals surface area (Å²) in [6, 6.07) is 8.07. The van der Waals surface area contributed by atoms with Crippen LogP contribution in [-0.4, -0.2) is 34.7 Å². The van der Waals surface area contributed by atoms with Crippen LogP contribution in [-0.2, 0) is 6.42 Å². The summed E-state index contributed by atoms with van der Waals surface area (Å²) in [5, 5.41) is 12.7. The molecule has 8 nitrogen and oxygen atoms in total. The fourth-order valence-corrected chi connectivity index (χ4v) is 3.27. The summed E-state index contributed by atoms with van der Waals surface area (Å²) in [5.74, 6) is 1.32. The van der Waals surface area contributed by atoms with Gasteiger partial charge in [-0.15, -0.1) is 5.10 Å². The monoisotopic (exact) mass is 347 g/mol. The molecule has 3 aromatic heterocycles. The number of para-hydroxylation sites is 2. The van der Waals surface area contributed by atoms with Crippen LogP contribution < -0.4 is 0 Å². The number of rotatable bonds is 2. The molecule has 0 radical (unpaired) electrons. The highest BCUT2D eigenvalue weighted by Crippen LogP contribution is 2.32. The van der Waals surface area contributed by atoms with Crippen molar-refractivity contribution < 1.29 is 4.52 Å². The minimum Gasteiger partial charge on any atom is -0.332 e. The molecule has 1 aromatic carbocycles. The summed E-state index contributed by atoms with van der Waals surface area (Å²) in [6.45, 7) is 6.04. The Morgan fingerprint density at radius 1 is 1.12 bits per heavy atom. The van der Waals surface area contributed by atoms with Crippen molar-refractivity contribution in [3.8, 4) is 23.0 Å². The van der Waals surface area contributed by atoms with E-state index in [1.54, 1.807) is 6.33 Å². The Morgan fingerprint density at radius 2 is 1.92 bits per heavy atom. The first kappa shape index (κ1) is 15.0. The zero-order valence-electron chi connectivity index (χ0n) is 14.7. The van der Waals surface area contributed by atoms with E-state index in [2.05, 4.69) is 30.0 Å². The normalized spacial score (nSPS) is 12.6. The average Bonchev–Trinajstić information content (AvgIpc) is 3.33. The Balaban J connectivity index is 1.75. The number of fused-ring (bicyclic) bond motifs is 5. The van der Waals surface area contributed by atoms with Crippen molar-refractivity contribution >= 4 is 0 Å². The Bertz CT molecular complexity index is 1120. The lowest BCUT2D eigenvalue weighted by atomic mass is 10.1. The van der Waals surface area contributed by atoms with Gasteiger partial charge >= 0.3 is 0 Å². The molecule has 0 saturated heterocycles. The topological polar surface area (TPSA) is 87.4 Å². The predicted octanol–water partition coefficient (Wildman–Crippen LogP) is 2.84. The summed E-state index contributed by atoms with van der Waals surface area (Å²) in [7, 11) is 0. The van der Waals surface area contributed by atoms with Gasteiger partial charge in [-0.25, -0.2) is 9.67 Å². The van der Waals surface area contributed by atoms with Gasteiger partial charge in [0.25, 0.3) is 5.89 Å². The van der Waals surface area contributed by atoms with E-state index in [4.69, 9.17) is 4.52 Å². The second kappa shape index (κ2) is 5.35. The van der Waals surface area contributed by atoms with Gasteiger partial charge in [0, 0.05) is 12.3 Å². The molecule has 8 heteroatoms. The second-order valence-electron chi connectivity index (χ2n) is 6.72. The van der Waals surface area contributed by atoms with Crippen molar-refractivity contribution in [2.45, 2.75) is 33.1 Å². The van der Waals surface area contributed by atoms with Crippen LogP contribution in [0.15, 0.2) is 35.1 Å². The first-order valence-electron chi connectivity index (χ1n) is 8.54. The standard InChI is InChI=1S/C18H17N7O/c1-10(2)17-20-18(26-22-17)16-15-8-14-11(3)21-23-25(14)13-7-5-4-6-12(13)24(15)9-19-16/h4-7,9-10H,8H2,1-3H3. The molecule has 1 aliphatic rings. The van der Waals surface area contributed by atoms with Crippen molar-refractivity contribution in [2.24, 2.45) is 0 Å². The maximum atomic E-state index is 5.49. The van der Waals surface area contributed by atoms with Crippen molar-refractivity contribution in [1.29, 1.82) is 0 Å². The minimum absolute atomic E-state index is 0.197. The van der Waals surface area contributed by atoms with Gasteiger partial charge in [0.15, 0.2) is 11.5 Å². The summed E-state index contributed by atoms with van der Waals surface area (Å²) in [6.07, 6.45) is 2.43. The number of benzene rings is 1. The molecule has 26 heavy (non-hydrogen) atoms. The van der Waals surface area contributed by atoms with E-state index < -0.39 is 0 Å². The fraction of sp³-hybridized carbons (Fsp3) is 0.278. The highest BCUT2D eigenvalue weighted by atomic mass is 16.5. The molecule has 0 bridgehead atoms. The van der Waals surface area contributed by atoms with E-state index in [0.717, 1.165) is 28.5 Å². The summed E-state index contributed by atoms with van der Waals surface area (Å²) < 4.78 is 9.46. The van der Waals surface area contributed by atoms with Gasteiger partial charge in [-0.1, -0.05) is 36.4 Å². The molecule has 0 unspecified atom stereocenters. The van der Waals surface area contributed by atoms with Gasteiger partial charge in [-0.05, 0) is 19.1 Å². The first-order valence-corrected chi connectivity index (χ1v) is 8.54. The zero-order valence-corrected chi connectivity index (χ0v) is 14.7. The van der Waals surface area contributed by atoms with Crippen LogP contribution in [0.25, 0.3) is 23.0 Å². The van der Waals surface area contributed by atoms with Gasteiger partial charge in [0.2, 0.25) is 0 Å². The Morgan fingerprint density at radius 3 is 2.69 bits per heavy atom. The van der Waals surface area contributed by atoms with E-state index in [-0.39, 0.29) is 5.92 Å². The van der Waals surface area contributed by atoms with Crippen LogP contribution >= 0.6 is 0 Å². The molecule has 5 rings (SSSR count). The van der Waals surface area contributed by atoms with Crippen molar-refractivity contribution in [3.63, 3.8) is 0 Å². The SMILES string of the molecule is Cc1nnn2c1Cc1c(-c3nc(C(C)C)no3)ncn1-c1ccccc1-2. The summed E-state index contributed by atoms with van der Waals surface area (Å²) in [5.41, 5.74) is 5.58. The third-order valence-electron chi connectivity index (χ3n) is 4.69. The largest absolute Gasteiger partial charge is 0.332 e. The summed E-state index contributed by atoms with van der Waals surface area (Å²) in [4.78, 5) is 9.11. The smallest absolute Gasteiger partial charge is 0.278 e. The molecule has 0 fully saturated rings. The molecule has 4 aromatic rings. The van der Waals surface area contributed by atoms with Gasteiger partial charge in [0.1, 0.15) is 6.33 Å². The summed E-state index contributed by atoms with van der Waals surface area (Å²) >= 11 is 0. The van der Waals surface area contributed by atoms with E-state index in [9.17, 15) is 0 Å². The van der Waals surface area contributed by atoms with Gasteiger partial charge in [0.05, 0.1) is 28.5 Å². The first-order chi connectivity index (χ1) is 12.6. The molecular formula is C18H17N7O. The minimum atomic E-state index is 0.197. The van der Waals surface area contributed by atoms with E-state index >= 15 is 0 Å². The Hall–Kier alpha value is -3.29. The van der Waals surface area contributed by atoms with Crippen LogP contribution in [0.5, 0.6) is 0 Å². The lowest BCUT2D eigenvalue weighted by molar-refractivity contribution is 0.418. The van der Waals surface area contributed by atoms with Crippen molar-refractivity contribution in [3.05, 3.63) is 53.5 Å². The third-order valence-corrected chi connectivity index (χ3v) is 4.69. The Kier molecular flexibility index (Phi) is 3.09. The number of hydrogen-bond donors (Lipinski definition) is 0. The van der Waals surface area contributed by atoms with Crippen molar-refractivity contribution in [1.82, 2.24) is 34.7 Å². The maximum absolute atomic E-state index is 5.49. The van der Waals surface area contributed by atoms with Gasteiger partial charge in [-0.2, -0.15) is 4.98 Å². The van der Waals surface area contributed by atoms with E-state index in [1.165, 1.54) is 0 Å². The quantitative estimate of drug-likeness (QED) is 0.488. The molecular weight excluding hydrogens is 330 g/mol. The molecule has 0 spiro atoms. The number of nitrogens with zero attached hydrogens (tertiary/aromatic N) is 7. The van der Waals surface area contributed by atoms with Gasteiger partial charge in [-0.3, -0.25) is 4.57 Å². The highest BCUT2D eigenvalue weighted by molar-refractivity contribution is 5.61. The molecule has 0 aliphatic carbocycles. The van der Waals surface area contributed by atoms with Gasteiger partial charge < -0.3 is 4.52 Å². The molecule has 0 saturated carbocycles. The lowest BCUT2D eigenvalue weighted by Crippen LogP contribution is -2.02. The maximum Gasteiger partial charge on any atom is 0.278 e. The number of aromatic nitrogens is 7. The zero-order chi connectivity index (χ0) is 17.8. The van der Waals surface area contributed by atoms with Crippen LogP contribution in [0.4, 0.5) is 0 Å². The molecule has 130 valence electrons. The Labute approximate surface area is 149 Å². The third kappa shape index (κ3) is 2.05. The second-order valence-corrected chi connectivity index (χ2v) is 6.72.